The maximum atomic E-state index is 12.8. The van der Waals surface area contributed by atoms with Crippen molar-refractivity contribution in [2.75, 3.05) is 19.6 Å². The zero-order chi connectivity index (χ0) is 44.3. The number of nitrogens with one attached hydrogen (secondary N) is 2. The van der Waals surface area contributed by atoms with Gasteiger partial charge in [-0.3, -0.25) is 9.59 Å². The van der Waals surface area contributed by atoms with Crippen LogP contribution in [0.25, 0.3) is 0 Å². The van der Waals surface area contributed by atoms with Gasteiger partial charge < -0.3 is 20.1 Å². The van der Waals surface area contributed by atoms with E-state index in [4.69, 9.17) is 9.47 Å². The summed E-state index contributed by atoms with van der Waals surface area (Å²) in [4.78, 5) is 47.8. The van der Waals surface area contributed by atoms with Gasteiger partial charge in [-0.05, 0) is 158 Å². The lowest BCUT2D eigenvalue weighted by Gasteiger charge is -2.31. The van der Waals surface area contributed by atoms with E-state index in [0.29, 0.717) is 49.9 Å². The van der Waals surface area contributed by atoms with Crippen LogP contribution < -0.4 is 10.6 Å². The first-order valence-corrected chi connectivity index (χ1v) is 21.0. The summed E-state index contributed by atoms with van der Waals surface area (Å²) < 4.78 is 48.8. The molecule has 0 spiro atoms. The van der Waals surface area contributed by atoms with Gasteiger partial charge >= 0.3 is 12.2 Å². The van der Waals surface area contributed by atoms with Crippen molar-refractivity contribution in [2.45, 2.75) is 118 Å². The standard InChI is InChI=1S/C17H24FNO3.C12H16FN.C11H19NO3.C6H4BrF/c1-12(11-19-16(21)22-17(2,3)4)5-10-15(20)13-6-8-14(18)9-7-13;1-9-2-7-12(14-8-9)10-3-5-11(13)6-4-10;1-8-5-6-9(13)12(7-8)10(14)15-11(2,3)4;7-5-1-3-6(8)4-2-5/h6-9,12H,5,10-11H2,1-4H3,(H,19,21);3-6,9,12,14H,2,7-8H2,1H3;8H,5-7H2,1-4H3;1-4H. The van der Waals surface area contributed by atoms with Crippen LogP contribution in [0.15, 0.2) is 77.3 Å². The highest BCUT2D eigenvalue weighted by molar-refractivity contribution is 9.10. The fourth-order valence-corrected chi connectivity index (χ4v) is 6.01. The number of ether oxygens (including phenoxy) is 2. The highest BCUT2D eigenvalue weighted by Gasteiger charge is 2.31. The topological polar surface area (TPSA) is 114 Å². The van der Waals surface area contributed by atoms with E-state index in [9.17, 15) is 32.3 Å². The van der Waals surface area contributed by atoms with E-state index >= 15 is 0 Å². The number of likely N-dealkylation sites (tertiary alicyclic amines) is 1. The van der Waals surface area contributed by atoms with Crippen molar-refractivity contribution in [3.8, 4) is 0 Å². The third-order valence-corrected chi connectivity index (χ3v) is 9.55. The summed E-state index contributed by atoms with van der Waals surface area (Å²) in [6.45, 7) is 19.0. The molecular weight excluding hydrogens is 827 g/mol. The number of rotatable bonds is 7. The zero-order valence-electron chi connectivity index (χ0n) is 36.0. The molecule has 2 heterocycles. The molecule has 0 aromatic heterocycles. The number of nitrogens with zero attached hydrogens (tertiary/aromatic N) is 1. The molecule has 0 radical (unpaired) electrons. The predicted octanol–water partition coefficient (Wildman–Crippen LogP) is 11.6. The quantitative estimate of drug-likeness (QED) is 0.227. The molecule has 9 nitrogen and oxygen atoms in total. The second kappa shape index (κ2) is 24.8. The SMILES string of the molecule is CC(CCC(=O)c1ccc(F)cc1)CNC(=O)OC(C)(C)C.CC1CCC(=O)N(C(=O)OC(C)(C)C)C1.CC1CCC(c2ccc(F)cc2)NC1.Fc1ccc(Br)cc1. The number of carbonyl (C=O) groups is 4. The third-order valence-electron chi connectivity index (χ3n) is 9.02. The van der Waals surface area contributed by atoms with Crippen molar-refractivity contribution in [1.82, 2.24) is 15.5 Å². The Labute approximate surface area is 357 Å². The Morgan fingerprint density at radius 2 is 1.32 bits per heavy atom. The van der Waals surface area contributed by atoms with Gasteiger partial charge in [0.25, 0.3) is 0 Å². The number of ketones is 1. The molecule has 3 aromatic carbocycles. The molecule has 0 bridgehead atoms. The molecule has 59 heavy (non-hydrogen) atoms. The van der Waals surface area contributed by atoms with Gasteiger partial charge in [-0.1, -0.05) is 48.8 Å². The number of Topliss-reactive ketones (excluding diaryl/α,β-unsaturated/α-hetero) is 1. The van der Waals surface area contributed by atoms with Crippen molar-refractivity contribution in [3.63, 3.8) is 0 Å². The monoisotopic (exact) mass is 889 g/mol. The number of carbonyl (C=O) groups excluding carboxylic acids is 4. The van der Waals surface area contributed by atoms with E-state index in [1.807, 2.05) is 26.0 Å². The number of halogens is 4. The molecule has 0 aliphatic carbocycles. The normalized spacial score (nSPS) is 18.3. The number of amides is 3. The van der Waals surface area contributed by atoms with Gasteiger partial charge in [0.1, 0.15) is 28.7 Å². The van der Waals surface area contributed by atoms with Crippen LogP contribution >= 0.6 is 15.9 Å². The first-order chi connectivity index (χ1) is 27.5. The van der Waals surface area contributed by atoms with Crippen LogP contribution in [-0.2, 0) is 14.3 Å². The van der Waals surface area contributed by atoms with Crippen LogP contribution in [0.1, 0.15) is 123 Å². The minimum Gasteiger partial charge on any atom is -0.444 e. The molecule has 2 aliphatic heterocycles. The maximum absolute atomic E-state index is 12.8. The Morgan fingerprint density at radius 3 is 1.81 bits per heavy atom. The lowest BCUT2D eigenvalue weighted by molar-refractivity contribution is -0.133. The number of piperidine rings is 2. The Morgan fingerprint density at radius 1 is 0.797 bits per heavy atom. The molecule has 4 unspecified atom stereocenters. The van der Waals surface area contributed by atoms with Crippen LogP contribution in [0, 0.1) is 35.2 Å². The Hall–Kier alpha value is -4.23. The average molecular weight is 891 g/mol. The third kappa shape index (κ3) is 22.1. The molecule has 2 N–H and O–H groups in total. The second-order valence-corrected chi connectivity index (χ2v) is 18.1. The lowest BCUT2D eigenvalue weighted by atomic mass is 9.92. The van der Waals surface area contributed by atoms with Crippen LogP contribution in [0.2, 0.25) is 0 Å². The highest BCUT2D eigenvalue weighted by atomic mass is 79.9. The number of hydrogen-bond donors (Lipinski definition) is 2. The van der Waals surface area contributed by atoms with Gasteiger partial charge in [-0.15, -0.1) is 0 Å². The van der Waals surface area contributed by atoms with Gasteiger partial charge in [0.2, 0.25) is 5.91 Å². The van der Waals surface area contributed by atoms with Gasteiger partial charge in [0, 0.05) is 42.0 Å². The van der Waals surface area contributed by atoms with Gasteiger partial charge in [0.15, 0.2) is 5.78 Å². The first-order valence-electron chi connectivity index (χ1n) is 20.2. The largest absolute Gasteiger partial charge is 0.444 e. The smallest absolute Gasteiger partial charge is 0.417 e. The molecule has 4 atom stereocenters. The fourth-order valence-electron chi connectivity index (χ4n) is 5.74. The van der Waals surface area contributed by atoms with E-state index in [2.05, 4.69) is 33.5 Å². The van der Waals surface area contributed by atoms with Crippen LogP contribution in [0.3, 0.4) is 0 Å². The average Bonchev–Trinajstić information content (AvgIpc) is 3.15. The molecule has 2 fully saturated rings. The van der Waals surface area contributed by atoms with Gasteiger partial charge in [-0.25, -0.2) is 27.7 Å². The number of benzene rings is 3. The highest BCUT2D eigenvalue weighted by Crippen LogP contribution is 2.25. The van der Waals surface area contributed by atoms with E-state index < -0.39 is 23.4 Å². The number of alkyl carbamates (subject to hydrolysis) is 1. The number of imide groups is 1. The Balaban J connectivity index is 0.000000285. The fraction of sp³-hybridized carbons (Fsp3) is 0.522. The summed E-state index contributed by atoms with van der Waals surface area (Å²) >= 11 is 3.18. The van der Waals surface area contributed by atoms with Gasteiger partial charge in [-0.2, -0.15) is 0 Å². The maximum Gasteiger partial charge on any atom is 0.417 e. The molecule has 0 saturated carbocycles. The van der Waals surface area contributed by atoms with Crippen LogP contribution in [-0.4, -0.2) is 59.6 Å². The molecule has 13 heteroatoms. The van der Waals surface area contributed by atoms with Crippen molar-refractivity contribution in [3.05, 3.63) is 106 Å². The van der Waals surface area contributed by atoms with E-state index in [1.54, 1.807) is 53.7 Å². The van der Waals surface area contributed by atoms with Crippen molar-refractivity contribution in [2.24, 2.45) is 17.8 Å². The zero-order valence-corrected chi connectivity index (χ0v) is 37.6. The Kier molecular flexibility index (Phi) is 21.4. The first kappa shape index (κ1) is 50.9. The second-order valence-electron chi connectivity index (χ2n) is 17.2. The van der Waals surface area contributed by atoms with Crippen LogP contribution in [0.5, 0.6) is 0 Å². The molecular formula is C46H63BrF3N3O6. The van der Waals surface area contributed by atoms with E-state index in [1.165, 1.54) is 65.4 Å². The summed E-state index contributed by atoms with van der Waals surface area (Å²) in [5.74, 6) is 0.433. The van der Waals surface area contributed by atoms with Gasteiger partial charge in [0.05, 0.1) is 0 Å². The van der Waals surface area contributed by atoms with E-state index in [0.717, 1.165) is 29.8 Å². The lowest BCUT2D eigenvalue weighted by Crippen LogP contribution is -2.45. The predicted molar refractivity (Wildman–Crippen MR) is 229 cm³/mol. The molecule has 5 rings (SSSR count). The van der Waals surface area contributed by atoms with Crippen LogP contribution in [0.4, 0.5) is 22.8 Å². The molecule has 2 aliphatic rings. The van der Waals surface area contributed by atoms with E-state index in [-0.39, 0.29) is 35.1 Å². The summed E-state index contributed by atoms with van der Waals surface area (Å²) in [6, 6.07) is 18.9. The summed E-state index contributed by atoms with van der Waals surface area (Å²) in [5, 5.41) is 6.17. The summed E-state index contributed by atoms with van der Waals surface area (Å²) in [7, 11) is 0. The molecule has 2 saturated heterocycles. The number of hydrogen-bond acceptors (Lipinski definition) is 7. The summed E-state index contributed by atoms with van der Waals surface area (Å²) in [5.41, 5.74) is 0.649. The minimum atomic E-state index is -0.544. The molecule has 326 valence electrons. The van der Waals surface area contributed by atoms with Crippen molar-refractivity contribution in [1.29, 1.82) is 0 Å². The molecule has 3 amide bonds. The minimum absolute atomic E-state index is 0.0240. The van der Waals surface area contributed by atoms with Crippen molar-refractivity contribution < 1.29 is 41.8 Å². The van der Waals surface area contributed by atoms with Crippen molar-refractivity contribution >= 4 is 39.8 Å². The Bertz CT molecular complexity index is 1720. The summed E-state index contributed by atoms with van der Waals surface area (Å²) in [6.07, 6.45) is 3.76. The molecule has 3 aromatic rings.